The van der Waals surface area contributed by atoms with Gasteiger partial charge in [0.25, 0.3) is 5.91 Å². The minimum absolute atomic E-state index is 0.0207. The van der Waals surface area contributed by atoms with E-state index in [-0.39, 0.29) is 5.91 Å². The molecule has 1 unspecified atom stereocenters. The van der Waals surface area contributed by atoms with Crippen LogP contribution in [-0.2, 0) is 0 Å². The number of hydrogen-bond donors (Lipinski definition) is 1. The molecule has 0 aliphatic carbocycles. The highest BCUT2D eigenvalue weighted by Gasteiger charge is 2.20. The monoisotopic (exact) mass is 389 g/mol. The molecule has 0 bridgehead atoms. The van der Waals surface area contributed by atoms with Crippen molar-refractivity contribution >= 4 is 5.91 Å². The predicted octanol–water partition coefficient (Wildman–Crippen LogP) is 3.23. The van der Waals surface area contributed by atoms with Gasteiger partial charge in [0, 0.05) is 31.0 Å². The van der Waals surface area contributed by atoms with Crippen LogP contribution in [0.5, 0.6) is 0 Å². The van der Waals surface area contributed by atoms with Crippen LogP contribution in [-0.4, -0.2) is 52.3 Å². The summed E-state index contributed by atoms with van der Waals surface area (Å²) in [5.41, 5.74) is 5.55. The van der Waals surface area contributed by atoms with E-state index < -0.39 is 0 Å². The first-order chi connectivity index (χ1) is 14.0. The van der Waals surface area contributed by atoms with E-state index >= 15 is 0 Å². The molecule has 1 amide bonds. The predicted molar refractivity (Wildman–Crippen MR) is 114 cm³/mol. The van der Waals surface area contributed by atoms with Gasteiger partial charge in [0.2, 0.25) is 0 Å². The third kappa shape index (κ3) is 4.22. The Hall–Kier alpha value is -2.99. The zero-order chi connectivity index (χ0) is 20.4. The smallest absolute Gasteiger partial charge is 0.255 e. The second-order valence-electron chi connectivity index (χ2n) is 7.87. The average Bonchev–Trinajstić information content (AvgIpc) is 3.36. The second-order valence-corrected chi connectivity index (χ2v) is 7.87. The molecule has 150 valence electrons. The number of rotatable bonds is 5. The molecule has 1 aromatic carbocycles. The summed E-state index contributed by atoms with van der Waals surface area (Å²) in [6.45, 7) is 6.84. The number of nitrogens with zero attached hydrogens (tertiary/aromatic N) is 4. The number of aromatic nitrogens is 3. The summed E-state index contributed by atoms with van der Waals surface area (Å²) in [5.74, 6) is 0.556. The zero-order valence-electron chi connectivity index (χ0n) is 17.2. The molecule has 4 rings (SSSR count). The van der Waals surface area contributed by atoms with Crippen molar-refractivity contribution in [3.8, 4) is 16.9 Å². The van der Waals surface area contributed by atoms with Crippen molar-refractivity contribution in [1.82, 2.24) is 25.0 Å². The molecular formula is C23H27N5O. The van der Waals surface area contributed by atoms with E-state index in [9.17, 15) is 4.79 Å². The first-order valence-corrected chi connectivity index (χ1v) is 10.1. The number of carbonyl (C=O) groups excluding carboxylic acids is 1. The molecular weight excluding hydrogens is 362 g/mol. The Bertz CT molecular complexity index is 1000. The number of amides is 1. The first-order valence-electron chi connectivity index (χ1n) is 10.1. The molecule has 1 fully saturated rings. The van der Waals surface area contributed by atoms with Gasteiger partial charge < -0.3 is 10.2 Å². The van der Waals surface area contributed by atoms with Gasteiger partial charge in [-0.25, -0.2) is 4.68 Å². The summed E-state index contributed by atoms with van der Waals surface area (Å²) in [5, 5.41) is 7.90. The summed E-state index contributed by atoms with van der Waals surface area (Å²) in [4.78, 5) is 19.1. The SMILES string of the molecule is Cc1cc(C)n(-c2cccc(-c3ccc(C(=O)N(C)CC4CCNC4)cn3)c2)n1. The third-order valence-electron chi connectivity index (χ3n) is 5.45. The molecule has 3 aromatic rings. The average molecular weight is 390 g/mol. The number of aryl methyl sites for hydroxylation is 2. The number of carbonyl (C=O) groups is 1. The van der Waals surface area contributed by atoms with Crippen molar-refractivity contribution in [2.24, 2.45) is 5.92 Å². The minimum Gasteiger partial charge on any atom is -0.341 e. The molecule has 6 heteroatoms. The molecule has 1 aliphatic rings. The van der Waals surface area contributed by atoms with Crippen LogP contribution in [0.4, 0.5) is 0 Å². The Morgan fingerprint density at radius 1 is 1.24 bits per heavy atom. The van der Waals surface area contributed by atoms with E-state index in [2.05, 4.69) is 27.5 Å². The van der Waals surface area contributed by atoms with Crippen molar-refractivity contribution in [3.05, 3.63) is 65.6 Å². The van der Waals surface area contributed by atoms with E-state index in [1.807, 2.05) is 55.9 Å². The molecule has 0 radical (unpaired) electrons. The fraction of sp³-hybridized carbons (Fsp3) is 0.348. The maximum atomic E-state index is 12.7. The fourth-order valence-corrected chi connectivity index (χ4v) is 3.94. The van der Waals surface area contributed by atoms with Gasteiger partial charge in [0.15, 0.2) is 0 Å². The van der Waals surface area contributed by atoms with Crippen LogP contribution in [0.25, 0.3) is 16.9 Å². The van der Waals surface area contributed by atoms with E-state index in [1.165, 1.54) is 0 Å². The Balaban J connectivity index is 1.51. The normalized spacial score (nSPS) is 16.2. The van der Waals surface area contributed by atoms with Crippen molar-refractivity contribution in [3.63, 3.8) is 0 Å². The van der Waals surface area contributed by atoms with Gasteiger partial charge in [-0.05, 0) is 69.6 Å². The molecule has 29 heavy (non-hydrogen) atoms. The quantitative estimate of drug-likeness (QED) is 0.728. The maximum absolute atomic E-state index is 12.7. The molecule has 2 aromatic heterocycles. The van der Waals surface area contributed by atoms with Gasteiger partial charge in [-0.1, -0.05) is 12.1 Å². The van der Waals surface area contributed by atoms with Crippen LogP contribution in [0.1, 0.15) is 28.2 Å². The number of hydrogen-bond acceptors (Lipinski definition) is 4. The van der Waals surface area contributed by atoms with Crippen LogP contribution in [0.15, 0.2) is 48.7 Å². The summed E-state index contributed by atoms with van der Waals surface area (Å²) < 4.78 is 1.93. The van der Waals surface area contributed by atoms with E-state index in [1.54, 1.807) is 11.1 Å². The van der Waals surface area contributed by atoms with Crippen molar-refractivity contribution in [1.29, 1.82) is 0 Å². The van der Waals surface area contributed by atoms with Gasteiger partial charge >= 0.3 is 0 Å². The minimum atomic E-state index is 0.0207. The van der Waals surface area contributed by atoms with E-state index in [4.69, 9.17) is 0 Å². The van der Waals surface area contributed by atoms with Crippen molar-refractivity contribution < 1.29 is 4.79 Å². The van der Waals surface area contributed by atoms with Crippen LogP contribution in [0, 0.1) is 19.8 Å². The lowest BCUT2D eigenvalue weighted by molar-refractivity contribution is 0.0775. The third-order valence-corrected chi connectivity index (χ3v) is 5.45. The van der Waals surface area contributed by atoms with Crippen LogP contribution in [0.3, 0.4) is 0 Å². The van der Waals surface area contributed by atoms with Crippen molar-refractivity contribution in [2.45, 2.75) is 20.3 Å². The zero-order valence-corrected chi connectivity index (χ0v) is 17.2. The molecule has 1 aliphatic heterocycles. The number of pyridine rings is 1. The largest absolute Gasteiger partial charge is 0.341 e. The van der Waals surface area contributed by atoms with E-state index in [0.717, 1.165) is 54.4 Å². The highest BCUT2D eigenvalue weighted by atomic mass is 16.2. The van der Waals surface area contributed by atoms with Crippen LogP contribution >= 0.6 is 0 Å². The summed E-state index contributed by atoms with van der Waals surface area (Å²) in [6.07, 6.45) is 2.80. The van der Waals surface area contributed by atoms with Gasteiger partial charge in [-0.15, -0.1) is 0 Å². The van der Waals surface area contributed by atoms with Crippen molar-refractivity contribution in [2.75, 3.05) is 26.7 Å². The Labute approximate surface area is 171 Å². The molecule has 3 heterocycles. The fourth-order valence-electron chi connectivity index (χ4n) is 3.94. The summed E-state index contributed by atoms with van der Waals surface area (Å²) in [6, 6.07) is 14.0. The first kappa shape index (κ1) is 19.3. The Kier molecular flexibility index (Phi) is 5.45. The molecule has 0 spiro atoms. The van der Waals surface area contributed by atoms with E-state index in [0.29, 0.717) is 11.5 Å². The van der Waals surface area contributed by atoms with Gasteiger partial charge in [0.1, 0.15) is 0 Å². The maximum Gasteiger partial charge on any atom is 0.255 e. The molecule has 1 saturated heterocycles. The van der Waals surface area contributed by atoms with Crippen LogP contribution in [0.2, 0.25) is 0 Å². The Morgan fingerprint density at radius 3 is 2.76 bits per heavy atom. The topological polar surface area (TPSA) is 63.1 Å². The van der Waals surface area contributed by atoms with Gasteiger partial charge in [-0.3, -0.25) is 9.78 Å². The van der Waals surface area contributed by atoms with Gasteiger partial charge in [-0.2, -0.15) is 5.10 Å². The summed E-state index contributed by atoms with van der Waals surface area (Å²) >= 11 is 0. The lowest BCUT2D eigenvalue weighted by Gasteiger charge is -2.20. The highest BCUT2D eigenvalue weighted by Crippen LogP contribution is 2.22. The van der Waals surface area contributed by atoms with Crippen LogP contribution < -0.4 is 5.32 Å². The van der Waals surface area contributed by atoms with Gasteiger partial charge in [0.05, 0.1) is 22.6 Å². The highest BCUT2D eigenvalue weighted by molar-refractivity contribution is 5.94. The molecule has 1 N–H and O–H groups in total. The lowest BCUT2D eigenvalue weighted by atomic mass is 10.1. The standard InChI is InChI=1S/C23H27N5O/c1-16-11-17(2)28(26-16)21-6-4-5-19(12-21)22-8-7-20(14-25-22)23(29)27(3)15-18-9-10-24-13-18/h4-8,11-12,14,18,24H,9-10,13,15H2,1-3H3. The number of nitrogens with one attached hydrogen (secondary N) is 1. The lowest BCUT2D eigenvalue weighted by Crippen LogP contribution is -2.32. The molecule has 1 atom stereocenters. The number of benzene rings is 1. The second kappa shape index (κ2) is 8.17. The molecule has 6 nitrogen and oxygen atoms in total. The summed E-state index contributed by atoms with van der Waals surface area (Å²) in [7, 11) is 1.87. The molecule has 0 saturated carbocycles. The Morgan fingerprint density at radius 2 is 2.10 bits per heavy atom.